The predicted molar refractivity (Wildman–Crippen MR) is 64.8 cm³/mol. The first kappa shape index (κ1) is 12.1. The standard InChI is InChI=1S/C11H16N2OS/c1-8(6-12)15-7-9-3-2-4-10(5-9)11(13)14/h2-5,8H,6-7,12H2,1H3,(H2,13,14). The predicted octanol–water partition coefficient (Wildman–Crippen LogP) is 1.37. The number of carbonyl (C=O) groups is 1. The summed E-state index contributed by atoms with van der Waals surface area (Å²) < 4.78 is 0. The van der Waals surface area contributed by atoms with Crippen LogP contribution in [0.3, 0.4) is 0 Å². The molecule has 1 amide bonds. The van der Waals surface area contributed by atoms with Crippen LogP contribution in [-0.2, 0) is 5.75 Å². The molecule has 0 aliphatic carbocycles. The van der Waals surface area contributed by atoms with Crippen molar-refractivity contribution in [2.75, 3.05) is 6.54 Å². The molecule has 1 unspecified atom stereocenters. The minimum Gasteiger partial charge on any atom is -0.366 e. The van der Waals surface area contributed by atoms with Crippen LogP contribution in [0.5, 0.6) is 0 Å². The molecular formula is C11H16N2OS. The fourth-order valence-electron chi connectivity index (χ4n) is 1.12. The molecule has 0 radical (unpaired) electrons. The van der Waals surface area contributed by atoms with E-state index in [2.05, 4.69) is 6.92 Å². The van der Waals surface area contributed by atoms with Gasteiger partial charge in [-0.2, -0.15) is 11.8 Å². The van der Waals surface area contributed by atoms with Crippen LogP contribution in [-0.4, -0.2) is 17.7 Å². The zero-order chi connectivity index (χ0) is 11.3. The molecule has 1 atom stereocenters. The Bertz CT molecular complexity index is 341. The molecular weight excluding hydrogens is 208 g/mol. The minimum absolute atomic E-state index is 0.381. The van der Waals surface area contributed by atoms with Gasteiger partial charge in [0.2, 0.25) is 5.91 Å². The van der Waals surface area contributed by atoms with E-state index < -0.39 is 0 Å². The van der Waals surface area contributed by atoms with Crippen LogP contribution in [0.4, 0.5) is 0 Å². The van der Waals surface area contributed by atoms with Crippen molar-refractivity contribution < 1.29 is 4.79 Å². The molecule has 3 nitrogen and oxygen atoms in total. The number of benzene rings is 1. The van der Waals surface area contributed by atoms with Gasteiger partial charge in [-0.25, -0.2) is 0 Å². The maximum Gasteiger partial charge on any atom is 0.248 e. The molecule has 15 heavy (non-hydrogen) atoms. The van der Waals surface area contributed by atoms with Crippen LogP contribution in [0.2, 0.25) is 0 Å². The zero-order valence-electron chi connectivity index (χ0n) is 8.77. The van der Waals surface area contributed by atoms with Crippen LogP contribution in [0.15, 0.2) is 24.3 Å². The van der Waals surface area contributed by atoms with Crippen LogP contribution in [0.25, 0.3) is 0 Å². The molecule has 0 aliphatic heterocycles. The van der Waals surface area contributed by atoms with Crippen molar-refractivity contribution in [3.63, 3.8) is 0 Å². The van der Waals surface area contributed by atoms with Gasteiger partial charge in [-0.15, -0.1) is 0 Å². The lowest BCUT2D eigenvalue weighted by atomic mass is 10.1. The SMILES string of the molecule is CC(CN)SCc1cccc(C(N)=O)c1. The van der Waals surface area contributed by atoms with E-state index in [0.717, 1.165) is 11.3 Å². The second-order valence-electron chi connectivity index (χ2n) is 3.42. The zero-order valence-corrected chi connectivity index (χ0v) is 9.59. The first-order valence-corrected chi connectivity index (χ1v) is 5.88. The third kappa shape index (κ3) is 3.93. The van der Waals surface area contributed by atoms with Crippen molar-refractivity contribution >= 4 is 17.7 Å². The van der Waals surface area contributed by atoms with Gasteiger partial charge in [-0.05, 0) is 17.7 Å². The number of hydrogen-bond donors (Lipinski definition) is 2. The summed E-state index contributed by atoms with van der Waals surface area (Å²) in [5.74, 6) is 0.480. The Labute approximate surface area is 94.2 Å². The number of primary amides is 1. The van der Waals surface area contributed by atoms with Gasteiger partial charge in [-0.3, -0.25) is 4.79 Å². The third-order valence-electron chi connectivity index (χ3n) is 2.08. The van der Waals surface area contributed by atoms with Crippen molar-refractivity contribution in [2.45, 2.75) is 17.9 Å². The first-order chi connectivity index (χ1) is 7.13. The Morgan fingerprint density at radius 2 is 2.27 bits per heavy atom. The Balaban J connectivity index is 2.62. The molecule has 1 rings (SSSR count). The Hall–Kier alpha value is -1.00. The lowest BCUT2D eigenvalue weighted by Gasteiger charge is -2.08. The summed E-state index contributed by atoms with van der Waals surface area (Å²) in [7, 11) is 0. The number of hydrogen-bond acceptors (Lipinski definition) is 3. The van der Waals surface area contributed by atoms with Crippen molar-refractivity contribution in [1.29, 1.82) is 0 Å². The average molecular weight is 224 g/mol. The third-order valence-corrected chi connectivity index (χ3v) is 3.34. The smallest absolute Gasteiger partial charge is 0.248 e. The van der Waals surface area contributed by atoms with Crippen molar-refractivity contribution in [3.8, 4) is 0 Å². The van der Waals surface area contributed by atoms with E-state index in [9.17, 15) is 4.79 Å². The summed E-state index contributed by atoms with van der Waals surface area (Å²) in [4.78, 5) is 10.9. The van der Waals surface area contributed by atoms with Gasteiger partial charge in [0.1, 0.15) is 0 Å². The van der Waals surface area contributed by atoms with E-state index in [4.69, 9.17) is 11.5 Å². The molecule has 1 aromatic rings. The number of nitrogens with two attached hydrogens (primary N) is 2. The molecule has 4 heteroatoms. The van der Waals surface area contributed by atoms with Crippen LogP contribution in [0, 0.1) is 0 Å². The molecule has 0 bridgehead atoms. The lowest BCUT2D eigenvalue weighted by Crippen LogP contribution is -2.13. The quantitative estimate of drug-likeness (QED) is 0.793. The van der Waals surface area contributed by atoms with Gasteiger partial charge in [-0.1, -0.05) is 19.1 Å². The highest BCUT2D eigenvalue weighted by atomic mass is 32.2. The molecule has 4 N–H and O–H groups in total. The van der Waals surface area contributed by atoms with E-state index in [1.807, 2.05) is 18.2 Å². The van der Waals surface area contributed by atoms with Gasteiger partial charge >= 0.3 is 0 Å². The molecule has 1 aromatic carbocycles. The summed E-state index contributed by atoms with van der Waals surface area (Å²) in [6.45, 7) is 2.75. The summed E-state index contributed by atoms with van der Waals surface area (Å²) in [5, 5.41) is 0.433. The highest BCUT2D eigenvalue weighted by molar-refractivity contribution is 7.99. The summed E-state index contributed by atoms with van der Waals surface area (Å²) >= 11 is 1.77. The Morgan fingerprint density at radius 1 is 1.53 bits per heavy atom. The van der Waals surface area contributed by atoms with Gasteiger partial charge < -0.3 is 11.5 Å². The summed E-state index contributed by atoms with van der Waals surface area (Å²) in [6.07, 6.45) is 0. The van der Waals surface area contributed by atoms with Crippen molar-refractivity contribution in [1.82, 2.24) is 0 Å². The molecule has 0 heterocycles. The maximum atomic E-state index is 10.9. The van der Waals surface area contributed by atoms with Crippen molar-refractivity contribution in [2.24, 2.45) is 11.5 Å². The van der Waals surface area contributed by atoms with Crippen LogP contribution < -0.4 is 11.5 Å². The topological polar surface area (TPSA) is 69.1 Å². The van der Waals surface area contributed by atoms with Gasteiger partial charge in [0, 0.05) is 23.1 Å². The van der Waals surface area contributed by atoms with Crippen LogP contribution >= 0.6 is 11.8 Å². The van der Waals surface area contributed by atoms with E-state index in [1.165, 1.54) is 0 Å². The molecule has 0 saturated heterocycles. The maximum absolute atomic E-state index is 10.9. The molecule has 0 fully saturated rings. The molecule has 0 aromatic heterocycles. The van der Waals surface area contributed by atoms with E-state index in [1.54, 1.807) is 17.8 Å². The monoisotopic (exact) mass is 224 g/mol. The summed E-state index contributed by atoms with van der Waals surface area (Å²) in [5.41, 5.74) is 12.4. The normalized spacial score (nSPS) is 12.4. The van der Waals surface area contributed by atoms with Gasteiger partial charge in [0.05, 0.1) is 0 Å². The number of rotatable bonds is 5. The highest BCUT2D eigenvalue weighted by Crippen LogP contribution is 2.17. The number of amides is 1. The molecule has 0 saturated carbocycles. The fourth-order valence-corrected chi connectivity index (χ4v) is 1.91. The molecule has 0 aliphatic rings. The first-order valence-electron chi connectivity index (χ1n) is 4.84. The second kappa shape index (κ2) is 5.78. The van der Waals surface area contributed by atoms with E-state index >= 15 is 0 Å². The van der Waals surface area contributed by atoms with Crippen molar-refractivity contribution in [3.05, 3.63) is 35.4 Å². The molecule has 82 valence electrons. The second-order valence-corrected chi connectivity index (χ2v) is 4.85. The molecule has 0 spiro atoms. The average Bonchev–Trinajstić information content (AvgIpc) is 2.26. The largest absolute Gasteiger partial charge is 0.366 e. The van der Waals surface area contributed by atoms with Gasteiger partial charge in [0.15, 0.2) is 0 Å². The van der Waals surface area contributed by atoms with Crippen LogP contribution in [0.1, 0.15) is 22.8 Å². The summed E-state index contributed by atoms with van der Waals surface area (Å²) in [6, 6.07) is 7.40. The number of thioether (sulfide) groups is 1. The Kier molecular flexibility index (Phi) is 4.65. The fraction of sp³-hybridized carbons (Fsp3) is 0.364. The number of carbonyl (C=O) groups excluding carboxylic acids is 1. The lowest BCUT2D eigenvalue weighted by molar-refractivity contribution is 0.1000. The van der Waals surface area contributed by atoms with E-state index in [-0.39, 0.29) is 5.91 Å². The van der Waals surface area contributed by atoms with E-state index in [0.29, 0.717) is 17.4 Å². The highest BCUT2D eigenvalue weighted by Gasteiger charge is 2.03. The van der Waals surface area contributed by atoms with Gasteiger partial charge in [0.25, 0.3) is 0 Å². The minimum atomic E-state index is -0.381. The Morgan fingerprint density at radius 3 is 2.87 bits per heavy atom.